The zero-order valence-electron chi connectivity index (χ0n) is 24.1. The van der Waals surface area contributed by atoms with E-state index in [1.54, 1.807) is 37.3 Å². The summed E-state index contributed by atoms with van der Waals surface area (Å²) in [5.41, 5.74) is 1.59. The number of ether oxygens (including phenoxy) is 1. The number of carbonyl (C=O) groups is 2. The molecule has 0 radical (unpaired) electrons. The molecule has 43 heavy (non-hydrogen) atoms. The van der Waals surface area contributed by atoms with E-state index in [1.807, 2.05) is 6.92 Å². The van der Waals surface area contributed by atoms with Crippen molar-refractivity contribution >= 4 is 62.3 Å². The Bertz CT molecular complexity index is 1580. The maximum Gasteiger partial charge on any atom is 0.264 e. The molecule has 230 valence electrons. The predicted octanol–water partition coefficient (Wildman–Crippen LogP) is 6.64. The zero-order chi connectivity index (χ0) is 31.3. The maximum absolute atomic E-state index is 14.1. The third-order valence-corrected chi connectivity index (χ3v) is 10.2. The lowest BCUT2D eigenvalue weighted by Crippen LogP contribution is -2.52. The van der Waals surface area contributed by atoms with Gasteiger partial charge in [-0.2, -0.15) is 0 Å². The van der Waals surface area contributed by atoms with Gasteiger partial charge in [0.1, 0.15) is 18.3 Å². The van der Waals surface area contributed by atoms with Gasteiger partial charge < -0.3 is 15.0 Å². The molecule has 1 aliphatic carbocycles. The Hall–Kier alpha value is -2.98. The summed E-state index contributed by atoms with van der Waals surface area (Å²) in [6.07, 6.45) is 3.80. The molecule has 0 unspecified atom stereocenters. The predicted molar refractivity (Wildman–Crippen MR) is 171 cm³/mol. The average Bonchev–Trinajstić information content (AvgIpc) is 3.48. The average molecular weight is 667 g/mol. The third kappa shape index (κ3) is 7.95. The number of amides is 2. The van der Waals surface area contributed by atoms with E-state index < -0.39 is 28.5 Å². The van der Waals surface area contributed by atoms with Crippen molar-refractivity contribution in [3.63, 3.8) is 0 Å². The van der Waals surface area contributed by atoms with Crippen LogP contribution >= 0.6 is 34.8 Å². The Morgan fingerprint density at radius 1 is 0.977 bits per heavy atom. The molecule has 0 bridgehead atoms. The number of hydrogen-bond acceptors (Lipinski definition) is 5. The fraction of sp³-hybridized carbons (Fsp3) is 0.355. The van der Waals surface area contributed by atoms with Crippen molar-refractivity contribution < 1.29 is 22.7 Å². The van der Waals surface area contributed by atoms with Crippen LogP contribution in [0, 0.1) is 6.92 Å². The number of rotatable bonds is 11. The van der Waals surface area contributed by atoms with Crippen molar-refractivity contribution in [2.75, 3.05) is 18.0 Å². The summed E-state index contributed by atoms with van der Waals surface area (Å²) in [6.45, 7) is 2.81. The minimum atomic E-state index is -4.24. The highest BCUT2D eigenvalue weighted by molar-refractivity contribution is 7.92. The van der Waals surface area contributed by atoms with Crippen molar-refractivity contribution in [2.45, 2.75) is 63.1 Å². The molecule has 4 rings (SSSR count). The number of aryl methyl sites for hydroxylation is 1. The number of sulfonamides is 1. The Morgan fingerprint density at radius 3 is 2.26 bits per heavy atom. The van der Waals surface area contributed by atoms with Gasteiger partial charge in [-0.15, -0.1) is 0 Å². The Morgan fingerprint density at radius 2 is 1.65 bits per heavy atom. The van der Waals surface area contributed by atoms with Crippen LogP contribution in [-0.2, 0) is 26.2 Å². The summed E-state index contributed by atoms with van der Waals surface area (Å²) in [5.74, 6) is -0.589. The van der Waals surface area contributed by atoms with Crippen LogP contribution in [0.1, 0.15) is 43.7 Å². The van der Waals surface area contributed by atoms with E-state index in [0.29, 0.717) is 21.4 Å². The molecule has 3 aromatic carbocycles. The molecule has 3 aromatic rings. The standard InChI is InChI=1S/C31H34Cl3N3O5S/c1-20-8-13-26(14-9-20)43(40,41)37(25-12-15-29(42-3)28(34)17-25)19-30(38)36(18-22-10-11-23(32)16-27(22)33)21(2)31(39)35-24-6-4-5-7-24/h8-17,21,24H,4-7,18-19H2,1-3H3,(H,35,39)/t21-/m1/s1. The van der Waals surface area contributed by atoms with Gasteiger partial charge in [0.05, 0.1) is 22.7 Å². The molecule has 1 fully saturated rings. The van der Waals surface area contributed by atoms with Crippen LogP contribution in [0.4, 0.5) is 5.69 Å². The van der Waals surface area contributed by atoms with E-state index in [2.05, 4.69) is 5.32 Å². The lowest BCUT2D eigenvalue weighted by atomic mass is 10.1. The van der Waals surface area contributed by atoms with Gasteiger partial charge in [-0.3, -0.25) is 13.9 Å². The van der Waals surface area contributed by atoms with Gasteiger partial charge in [-0.25, -0.2) is 8.42 Å². The highest BCUT2D eigenvalue weighted by Crippen LogP contribution is 2.32. The Kier molecular flexibility index (Phi) is 10.9. The van der Waals surface area contributed by atoms with Gasteiger partial charge in [0.15, 0.2) is 0 Å². The summed E-state index contributed by atoms with van der Waals surface area (Å²) in [6, 6.07) is 14.8. The lowest BCUT2D eigenvalue weighted by molar-refractivity contribution is -0.139. The molecule has 0 aromatic heterocycles. The number of carbonyl (C=O) groups excluding carboxylic acids is 2. The second kappa shape index (κ2) is 14.2. The molecule has 12 heteroatoms. The summed E-state index contributed by atoms with van der Waals surface area (Å²) in [5, 5.41) is 3.95. The number of nitrogens with one attached hydrogen (secondary N) is 1. The second-order valence-electron chi connectivity index (χ2n) is 10.6. The normalized spacial score (nSPS) is 14.3. The summed E-state index contributed by atoms with van der Waals surface area (Å²) in [7, 11) is -2.80. The Labute approximate surface area is 267 Å². The van der Waals surface area contributed by atoms with E-state index in [-0.39, 0.29) is 34.1 Å². The Balaban J connectivity index is 1.73. The van der Waals surface area contributed by atoms with Crippen LogP contribution in [0.5, 0.6) is 5.75 Å². The fourth-order valence-electron chi connectivity index (χ4n) is 4.98. The van der Waals surface area contributed by atoms with Crippen LogP contribution in [0.25, 0.3) is 0 Å². The minimum absolute atomic E-state index is 0.00263. The molecule has 1 N–H and O–H groups in total. The van der Waals surface area contributed by atoms with Gasteiger partial charge in [-0.1, -0.05) is 71.4 Å². The topological polar surface area (TPSA) is 96.0 Å². The zero-order valence-corrected chi connectivity index (χ0v) is 27.2. The minimum Gasteiger partial charge on any atom is -0.495 e. The van der Waals surface area contributed by atoms with Crippen molar-refractivity contribution in [1.29, 1.82) is 0 Å². The van der Waals surface area contributed by atoms with Crippen LogP contribution in [0.3, 0.4) is 0 Å². The number of methoxy groups -OCH3 is 1. The second-order valence-corrected chi connectivity index (χ2v) is 13.7. The highest BCUT2D eigenvalue weighted by atomic mass is 35.5. The molecule has 0 saturated heterocycles. The molecule has 2 amide bonds. The number of anilines is 1. The largest absolute Gasteiger partial charge is 0.495 e. The van der Waals surface area contributed by atoms with Crippen molar-refractivity contribution in [3.05, 3.63) is 86.9 Å². The summed E-state index contributed by atoms with van der Waals surface area (Å²) in [4.78, 5) is 28.9. The SMILES string of the molecule is COc1ccc(N(CC(=O)N(Cc2ccc(Cl)cc2Cl)[C@H](C)C(=O)NC2CCCC2)S(=O)(=O)c2ccc(C)cc2)cc1Cl. The van der Waals surface area contributed by atoms with Gasteiger partial charge >= 0.3 is 0 Å². The van der Waals surface area contributed by atoms with E-state index in [1.165, 1.54) is 42.3 Å². The molecular weight excluding hydrogens is 633 g/mol. The molecule has 0 heterocycles. The van der Waals surface area contributed by atoms with Crippen molar-refractivity contribution in [3.8, 4) is 5.75 Å². The number of nitrogens with zero attached hydrogens (tertiary/aromatic N) is 2. The molecule has 8 nitrogen and oxygen atoms in total. The van der Waals surface area contributed by atoms with Crippen molar-refractivity contribution in [1.82, 2.24) is 10.2 Å². The molecular formula is C31H34Cl3N3O5S. The monoisotopic (exact) mass is 665 g/mol. The lowest BCUT2D eigenvalue weighted by Gasteiger charge is -2.32. The highest BCUT2D eigenvalue weighted by Gasteiger charge is 2.34. The quantitative estimate of drug-likeness (QED) is 0.248. The van der Waals surface area contributed by atoms with Gasteiger partial charge in [0.25, 0.3) is 10.0 Å². The molecule has 1 saturated carbocycles. The van der Waals surface area contributed by atoms with Gasteiger partial charge in [0.2, 0.25) is 11.8 Å². The first-order chi connectivity index (χ1) is 20.4. The number of halogens is 3. The number of hydrogen-bond donors (Lipinski definition) is 1. The molecule has 1 atom stereocenters. The van der Waals surface area contributed by atoms with E-state index in [9.17, 15) is 18.0 Å². The van der Waals surface area contributed by atoms with E-state index in [4.69, 9.17) is 39.5 Å². The third-order valence-electron chi connectivity index (χ3n) is 7.54. The van der Waals surface area contributed by atoms with Crippen LogP contribution in [0.2, 0.25) is 15.1 Å². The molecule has 0 spiro atoms. The van der Waals surface area contributed by atoms with Gasteiger partial charge in [-0.05, 0) is 74.7 Å². The van der Waals surface area contributed by atoms with Gasteiger partial charge in [0, 0.05) is 22.6 Å². The summed E-state index contributed by atoms with van der Waals surface area (Å²) < 4.78 is 34.3. The number of benzene rings is 3. The molecule has 1 aliphatic rings. The maximum atomic E-state index is 14.1. The smallest absolute Gasteiger partial charge is 0.264 e. The van der Waals surface area contributed by atoms with Crippen LogP contribution < -0.4 is 14.4 Å². The van der Waals surface area contributed by atoms with Crippen LogP contribution in [-0.4, -0.2) is 50.9 Å². The fourth-order valence-corrected chi connectivity index (χ4v) is 7.11. The first-order valence-electron chi connectivity index (χ1n) is 13.9. The first kappa shape index (κ1) is 32.9. The first-order valence-corrected chi connectivity index (χ1v) is 16.4. The van der Waals surface area contributed by atoms with E-state index >= 15 is 0 Å². The van der Waals surface area contributed by atoms with Crippen LogP contribution in [0.15, 0.2) is 65.6 Å². The summed E-state index contributed by atoms with van der Waals surface area (Å²) >= 11 is 18.9. The van der Waals surface area contributed by atoms with Crippen molar-refractivity contribution in [2.24, 2.45) is 0 Å². The molecule has 0 aliphatic heterocycles. The van der Waals surface area contributed by atoms with E-state index in [0.717, 1.165) is 35.6 Å².